The molecule has 2 N–H and O–H groups in total. The first-order valence-corrected chi connectivity index (χ1v) is 17.7. The van der Waals surface area contributed by atoms with Crippen molar-refractivity contribution in [3.05, 3.63) is 105 Å². The van der Waals surface area contributed by atoms with E-state index in [0.29, 0.717) is 37.1 Å². The molecule has 0 aliphatic carbocycles. The highest BCUT2D eigenvalue weighted by Crippen LogP contribution is 2.33. The van der Waals surface area contributed by atoms with Crippen molar-refractivity contribution in [3.63, 3.8) is 0 Å². The lowest BCUT2D eigenvalue weighted by Crippen LogP contribution is -2.63. The second-order valence-corrected chi connectivity index (χ2v) is 13.8. The number of anilines is 1. The van der Waals surface area contributed by atoms with Crippen LogP contribution in [0, 0.1) is 11.8 Å². The Morgan fingerprint density at radius 2 is 1.40 bits per heavy atom. The van der Waals surface area contributed by atoms with Crippen LogP contribution in [0.4, 0.5) is 10.5 Å². The molecule has 50 heavy (non-hydrogen) atoms. The Morgan fingerprint density at radius 3 is 1.90 bits per heavy atom. The fourth-order valence-corrected chi connectivity index (χ4v) is 6.86. The molecule has 1 fully saturated rings. The third kappa shape index (κ3) is 9.94. The van der Waals surface area contributed by atoms with Crippen LogP contribution in [0.3, 0.4) is 0 Å². The van der Waals surface area contributed by atoms with E-state index in [1.807, 2.05) is 60.7 Å². The minimum absolute atomic E-state index is 0.318. The lowest BCUT2D eigenvalue weighted by Gasteiger charge is -2.44. The summed E-state index contributed by atoms with van der Waals surface area (Å²) in [5.41, 5.74) is 2.22. The largest absolute Gasteiger partial charge is 0.497 e. The van der Waals surface area contributed by atoms with Gasteiger partial charge in [0, 0.05) is 21.7 Å². The van der Waals surface area contributed by atoms with Crippen molar-refractivity contribution in [3.8, 4) is 5.75 Å². The van der Waals surface area contributed by atoms with Crippen molar-refractivity contribution in [2.75, 3.05) is 26.1 Å². The number of methoxy groups -OCH3 is 2. The van der Waals surface area contributed by atoms with Crippen LogP contribution in [0.1, 0.15) is 24.0 Å². The first-order chi connectivity index (χ1) is 24.2. The molecule has 2 aliphatic heterocycles. The molecule has 0 aromatic heterocycles. The number of allylic oxidation sites excluding steroid dienone is 2. The number of hydrogen-bond acceptors (Lipinski definition) is 10. The lowest BCUT2D eigenvalue weighted by molar-refractivity contribution is -0.300. The molecule has 2 aliphatic rings. The minimum Gasteiger partial charge on any atom is -0.497 e. The molecular formula is C37H39Br2NO10. The van der Waals surface area contributed by atoms with E-state index in [-0.39, 0.29) is 0 Å². The number of nitrogens with one attached hydrogen (secondary N) is 1. The van der Waals surface area contributed by atoms with Crippen LogP contribution in [0.15, 0.2) is 93.9 Å². The van der Waals surface area contributed by atoms with E-state index < -0.39 is 67.2 Å². The highest BCUT2D eigenvalue weighted by atomic mass is 79.9. The van der Waals surface area contributed by atoms with E-state index in [2.05, 4.69) is 37.2 Å². The standard InChI is InChI=1S/C37H39Br2NO10/c1-45-29-15-13-28(14-16-29)40-37(44)50-31-30(21-41)47-36(46-2)33-32(31)48-34(42)24(17-22-7-5-11-26(38)19-22)9-3-4-10-25(35(43)49-33)18-23-8-6-12-27(39)20-23/h3-8,11-16,19-20,24-25,30-33,36,41H,9-10,17-18,21H2,1-2H3,(H,40,44)/b4-3-/t24-,25-,30+,31+,32-,33+,36-/m0/s1. The topological polar surface area (TPSA) is 139 Å². The van der Waals surface area contributed by atoms with Gasteiger partial charge in [-0.3, -0.25) is 14.9 Å². The van der Waals surface area contributed by atoms with E-state index in [1.54, 1.807) is 24.3 Å². The normalized spacial score (nSPS) is 26.2. The van der Waals surface area contributed by atoms with Crippen LogP contribution in [0.2, 0.25) is 0 Å². The summed E-state index contributed by atoms with van der Waals surface area (Å²) in [4.78, 5) is 41.2. The van der Waals surface area contributed by atoms with Gasteiger partial charge in [0.1, 0.15) is 11.9 Å². The molecule has 0 saturated carbocycles. The van der Waals surface area contributed by atoms with Crippen molar-refractivity contribution in [1.29, 1.82) is 0 Å². The second-order valence-electron chi connectivity index (χ2n) is 12.0. The van der Waals surface area contributed by atoms with Gasteiger partial charge in [0.05, 0.1) is 25.6 Å². The molecule has 3 aromatic carbocycles. The summed E-state index contributed by atoms with van der Waals surface area (Å²) >= 11 is 6.99. The summed E-state index contributed by atoms with van der Waals surface area (Å²) in [6.07, 6.45) is -2.38. The summed E-state index contributed by atoms with van der Waals surface area (Å²) in [5.74, 6) is -1.87. The van der Waals surface area contributed by atoms with E-state index in [9.17, 15) is 19.5 Å². The van der Waals surface area contributed by atoms with Gasteiger partial charge in [-0.15, -0.1) is 0 Å². The predicted octanol–water partition coefficient (Wildman–Crippen LogP) is 6.39. The maximum atomic E-state index is 14.0. The summed E-state index contributed by atoms with van der Waals surface area (Å²) in [7, 11) is 2.87. The minimum atomic E-state index is -1.40. The average Bonchev–Trinajstić information content (AvgIpc) is 3.10. The zero-order chi connectivity index (χ0) is 35.6. The Morgan fingerprint density at radius 1 is 0.840 bits per heavy atom. The van der Waals surface area contributed by atoms with Gasteiger partial charge in [0.2, 0.25) is 0 Å². The molecule has 1 amide bonds. The van der Waals surface area contributed by atoms with Gasteiger partial charge in [-0.2, -0.15) is 0 Å². The van der Waals surface area contributed by atoms with Gasteiger partial charge in [-0.25, -0.2) is 4.79 Å². The Labute approximate surface area is 307 Å². The Balaban J connectivity index is 1.49. The number of aliphatic hydroxyl groups excluding tert-OH is 1. The van der Waals surface area contributed by atoms with Gasteiger partial charge in [-0.05, 0) is 85.3 Å². The Bertz CT molecular complexity index is 1650. The molecule has 3 aromatic rings. The van der Waals surface area contributed by atoms with Crippen LogP contribution in [0.25, 0.3) is 0 Å². The molecule has 1 saturated heterocycles. The maximum absolute atomic E-state index is 14.0. The van der Waals surface area contributed by atoms with Gasteiger partial charge in [0.25, 0.3) is 0 Å². The summed E-state index contributed by atoms with van der Waals surface area (Å²) in [5, 5.41) is 13.0. The smallest absolute Gasteiger partial charge is 0.412 e. The number of rotatable bonds is 9. The van der Waals surface area contributed by atoms with Crippen molar-refractivity contribution < 1.29 is 47.9 Å². The van der Waals surface area contributed by atoms with E-state index >= 15 is 0 Å². The fourth-order valence-electron chi connectivity index (χ4n) is 5.97. The molecule has 13 heteroatoms. The molecule has 0 bridgehead atoms. The third-order valence-electron chi connectivity index (χ3n) is 8.50. The van der Waals surface area contributed by atoms with Crippen molar-refractivity contribution in [1.82, 2.24) is 0 Å². The van der Waals surface area contributed by atoms with Crippen LogP contribution < -0.4 is 10.1 Å². The second kappa shape index (κ2) is 18.0. The Kier molecular flexibility index (Phi) is 13.5. The molecule has 0 spiro atoms. The number of ether oxygens (including phenoxy) is 6. The number of fused-ring (bicyclic) bond motifs is 1. The van der Waals surface area contributed by atoms with Gasteiger partial charge < -0.3 is 33.5 Å². The molecule has 0 unspecified atom stereocenters. The number of amides is 1. The SMILES string of the molecule is COc1ccc(NC(=O)O[C@H]2[C@@H]3OC(=O)[C@H](Cc4cccc(Br)c4)C/C=C\C[C@@H](Cc4cccc(Br)c4)C(=O)O[C@H]3[C@@H](OC)O[C@@H]2CO)cc1. The van der Waals surface area contributed by atoms with Gasteiger partial charge in [0.15, 0.2) is 24.6 Å². The predicted molar refractivity (Wildman–Crippen MR) is 190 cm³/mol. The van der Waals surface area contributed by atoms with Gasteiger partial charge in [-0.1, -0.05) is 68.3 Å². The maximum Gasteiger partial charge on any atom is 0.412 e. The number of aliphatic hydroxyl groups is 1. The van der Waals surface area contributed by atoms with Crippen molar-refractivity contribution >= 4 is 55.6 Å². The van der Waals surface area contributed by atoms with Crippen molar-refractivity contribution in [2.24, 2.45) is 11.8 Å². The summed E-state index contributed by atoms with van der Waals surface area (Å²) in [6.45, 7) is -0.620. The van der Waals surface area contributed by atoms with Crippen molar-refractivity contribution in [2.45, 2.75) is 56.4 Å². The van der Waals surface area contributed by atoms with Gasteiger partial charge >= 0.3 is 18.0 Å². The first kappa shape index (κ1) is 37.5. The average molecular weight is 818 g/mol. The number of carbonyl (C=O) groups excluding carboxylic acids is 3. The van der Waals surface area contributed by atoms with Crippen LogP contribution in [-0.2, 0) is 46.1 Å². The third-order valence-corrected chi connectivity index (χ3v) is 9.49. The highest BCUT2D eigenvalue weighted by Gasteiger charge is 2.53. The molecular weight excluding hydrogens is 778 g/mol. The number of hydrogen-bond donors (Lipinski definition) is 2. The number of halogens is 2. The molecule has 266 valence electrons. The fraction of sp³-hybridized carbons (Fsp3) is 0.378. The zero-order valence-corrected chi connectivity index (χ0v) is 30.7. The lowest BCUT2D eigenvalue weighted by atomic mass is 9.92. The molecule has 11 nitrogen and oxygen atoms in total. The first-order valence-electron chi connectivity index (χ1n) is 16.1. The van der Waals surface area contributed by atoms with Crippen LogP contribution in [0.5, 0.6) is 5.75 Å². The highest BCUT2D eigenvalue weighted by molar-refractivity contribution is 9.10. The molecule has 5 rings (SSSR count). The van der Waals surface area contributed by atoms with Crippen LogP contribution in [-0.4, -0.2) is 74.7 Å². The van der Waals surface area contributed by atoms with Crippen LogP contribution >= 0.6 is 31.9 Å². The van der Waals surface area contributed by atoms with E-state index in [4.69, 9.17) is 28.4 Å². The van der Waals surface area contributed by atoms with E-state index in [1.165, 1.54) is 14.2 Å². The number of carbonyl (C=O) groups is 3. The zero-order valence-electron chi connectivity index (χ0n) is 27.5. The molecule has 7 atom stereocenters. The monoisotopic (exact) mass is 815 g/mol. The molecule has 2 heterocycles. The molecule has 0 radical (unpaired) electrons. The number of esters is 2. The summed E-state index contributed by atoms with van der Waals surface area (Å²) < 4.78 is 36.5. The quantitative estimate of drug-likeness (QED) is 0.142. The summed E-state index contributed by atoms with van der Waals surface area (Å²) in [6, 6.07) is 21.8. The Hall–Kier alpha value is -3.75. The van der Waals surface area contributed by atoms with E-state index in [0.717, 1.165) is 20.1 Å². The number of benzene rings is 3.